The summed E-state index contributed by atoms with van der Waals surface area (Å²) in [6.07, 6.45) is 0.211. The maximum absolute atomic E-state index is 12.8. The second kappa shape index (κ2) is 10.3. The molecule has 188 valence electrons. The number of ether oxygens (including phenoxy) is 1. The lowest BCUT2D eigenvalue weighted by atomic mass is 10.1. The van der Waals surface area contributed by atoms with Crippen LogP contribution in [0.15, 0.2) is 53.4 Å². The van der Waals surface area contributed by atoms with Crippen LogP contribution in [0.5, 0.6) is 5.88 Å². The molecule has 2 heterocycles. The number of aromatic amines is 1. The maximum atomic E-state index is 12.8. The Morgan fingerprint density at radius 2 is 1.83 bits per heavy atom. The number of halogens is 2. The van der Waals surface area contributed by atoms with Crippen LogP contribution in [0.3, 0.4) is 0 Å². The highest BCUT2D eigenvalue weighted by molar-refractivity contribution is 7.92. The average molecular weight is 548 g/mol. The average Bonchev–Trinajstić information content (AvgIpc) is 3.21. The summed E-state index contributed by atoms with van der Waals surface area (Å²) >= 11 is 12.0. The molecule has 2 aromatic heterocycles. The van der Waals surface area contributed by atoms with E-state index < -0.39 is 10.0 Å². The molecule has 4 rings (SSSR count). The minimum atomic E-state index is -3.95. The van der Waals surface area contributed by atoms with Gasteiger partial charge in [0, 0.05) is 36.1 Å². The van der Waals surface area contributed by atoms with Crippen molar-refractivity contribution >= 4 is 55.7 Å². The van der Waals surface area contributed by atoms with Crippen molar-refractivity contribution in [1.29, 1.82) is 0 Å². The lowest BCUT2D eigenvalue weighted by Crippen LogP contribution is -2.23. The van der Waals surface area contributed by atoms with Gasteiger partial charge in [-0.3, -0.25) is 14.6 Å². The highest BCUT2D eigenvalue weighted by Crippen LogP contribution is 2.32. The smallest absolute Gasteiger partial charge is 0.263 e. The van der Waals surface area contributed by atoms with Crippen LogP contribution < -0.4 is 9.46 Å². The van der Waals surface area contributed by atoms with Crippen LogP contribution >= 0.6 is 23.2 Å². The minimum absolute atomic E-state index is 0.0524. The number of aromatic nitrogens is 3. The number of hydrogen-bond donors (Lipinski definition) is 2. The summed E-state index contributed by atoms with van der Waals surface area (Å²) in [6.45, 7) is 2.03. The van der Waals surface area contributed by atoms with Crippen LogP contribution in [0.1, 0.15) is 12.1 Å². The van der Waals surface area contributed by atoms with Crippen molar-refractivity contribution in [2.24, 2.45) is 0 Å². The predicted octanol–water partition coefficient (Wildman–Crippen LogP) is 4.90. The van der Waals surface area contributed by atoms with Crippen LogP contribution in [0.2, 0.25) is 10.0 Å². The number of nitrogens with zero attached hydrogens (tertiary/aromatic N) is 3. The van der Waals surface area contributed by atoms with Crippen molar-refractivity contribution in [3.63, 3.8) is 0 Å². The third kappa shape index (κ3) is 5.56. The van der Waals surface area contributed by atoms with Crippen LogP contribution in [0.4, 0.5) is 5.69 Å². The predicted molar refractivity (Wildman–Crippen MR) is 140 cm³/mol. The Balaban J connectivity index is 1.59. The molecule has 2 N–H and O–H groups in total. The molecule has 0 radical (unpaired) electrons. The highest BCUT2D eigenvalue weighted by atomic mass is 35.5. The normalized spacial score (nSPS) is 11.5. The Bertz CT molecular complexity index is 1540. The molecule has 0 aliphatic heterocycles. The monoisotopic (exact) mass is 547 g/mol. The van der Waals surface area contributed by atoms with Crippen LogP contribution in [0, 0.1) is 6.92 Å². The van der Waals surface area contributed by atoms with Gasteiger partial charge in [-0.1, -0.05) is 35.3 Å². The lowest BCUT2D eigenvalue weighted by molar-refractivity contribution is -0.129. The zero-order valence-electron chi connectivity index (χ0n) is 19.7. The fraction of sp³-hybridized carbons (Fsp3) is 0.208. The number of hydrogen-bond acceptors (Lipinski definition) is 6. The van der Waals surface area contributed by atoms with E-state index in [0.717, 1.165) is 16.6 Å². The van der Waals surface area contributed by atoms with Crippen molar-refractivity contribution in [2.45, 2.75) is 18.2 Å². The van der Waals surface area contributed by atoms with Gasteiger partial charge in [0.1, 0.15) is 4.90 Å². The first-order valence-electron chi connectivity index (χ1n) is 10.8. The van der Waals surface area contributed by atoms with E-state index in [1.54, 1.807) is 38.4 Å². The molecule has 36 heavy (non-hydrogen) atoms. The van der Waals surface area contributed by atoms with E-state index in [-0.39, 0.29) is 33.9 Å². The van der Waals surface area contributed by atoms with E-state index >= 15 is 0 Å². The van der Waals surface area contributed by atoms with Gasteiger partial charge >= 0.3 is 0 Å². The number of aryl methyl sites for hydroxylation is 1. The van der Waals surface area contributed by atoms with Gasteiger partial charge in [0.15, 0.2) is 0 Å². The van der Waals surface area contributed by atoms with Crippen LogP contribution in [-0.4, -0.2) is 55.1 Å². The summed E-state index contributed by atoms with van der Waals surface area (Å²) in [5.74, 6) is 0.309. The molecule has 12 heteroatoms. The number of sulfonamides is 1. The lowest BCUT2D eigenvalue weighted by Gasteiger charge is -2.12. The van der Waals surface area contributed by atoms with Crippen molar-refractivity contribution in [3.8, 4) is 17.1 Å². The number of carbonyl (C=O) groups is 1. The number of carbonyl (C=O) groups excluding carboxylic acids is 1. The van der Waals surface area contributed by atoms with Gasteiger partial charge in [-0.25, -0.2) is 13.4 Å². The Morgan fingerprint density at radius 1 is 1.11 bits per heavy atom. The molecular weight excluding hydrogens is 525 g/mol. The largest absolute Gasteiger partial charge is 0.477 e. The van der Waals surface area contributed by atoms with Crippen LogP contribution in [-0.2, 0) is 14.8 Å². The zero-order valence-corrected chi connectivity index (χ0v) is 22.0. The minimum Gasteiger partial charge on any atom is -0.477 e. The van der Waals surface area contributed by atoms with E-state index in [9.17, 15) is 13.2 Å². The Labute approximate surface area is 218 Å². The number of rotatable bonds is 8. The topological polar surface area (TPSA) is 117 Å². The quantitative estimate of drug-likeness (QED) is 0.324. The van der Waals surface area contributed by atoms with Crippen molar-refractivity contribution < 1.29 is 17.9 Å². The molecule has 0 fully saturated rings. The molecule has 2 aromatic carbocycles. The van der Waals surface area contributed by atoms with Crippen molar-refractivity contribution in [3.05, 3.63) is 64.3 Å². The third-order valence-electron chi connectivity index (χ3n) is 5.35. The van der Waals surface area contributed by atoms with Gasteiger partial charge < -0.3 is 9.64 Å². The molecule has 0 saturated heterocycles. The van der Waals surface area contributed by atoms with E-state index in [0.29, 0.717) is 22.8 Å². The van der Waals surface area contributed by atoms with Gasteiger partial charge in [-0.15, -0.1) is 0 Å². The van der Waals surface area contributed by atoms with Gasteiger partial charge in [0.25, 0.3) is 10.0 Å². The number of pyridine rings is 1. The number of benzene rings is 2. The Kier molecular flexibility index (Phi) is 7.39. The standard InChI is InChI=1S/C24H23Cl2N5O4S/c1-14-23-20(29-28-14)13-19(27-24(23)35-11-10-22(32)31(2)3)15-4-7-17(8-5-15)30-36(33,34)21-12-16(25)6-9-18(21)26/h4-9,12-13,30H,10-11H2,1-3H3,(H,28,29). The fourth-order valence-electron chi connectivity index (χ4n) is 3.46. The maximum Gasteiger partial charge on any atom is 0.263 e. The van der Waals surface area contributed by atoms with Crippen LogP contribution in [0.25, 0.3) is 22.2 Å². The van der Waals surface area contributed by atoms with Gasteiger partial charge in [0.05, 0.1) is 34.6 Å². The molecule has 0 unspecified atom stereocenters. The van der Waals surface area contributed by atoms with Crippen molar-refractivity contribution in [1.82, 2.24) is 20.1 Å². The third-order valence-corrected chi connectivity index (χ3v) is 7.45. The zero-order chi connectivity index (χ0) is 26.0. The molecule has 0 atom stereocenters. The fourth-order valence-corrected chi connectivity index (χ4v) is 5.28. The first-order chi connectivity index (χ1) is 17.0. The summed E-state index contributed by atoms with van der Waals surface area (Å²) in [6, 6.07) is 12.7. The summed E-state index contributed by atoms with van der Waals surface area (Å²) in [5, 5.41) is 8.30. The van der Waals surface area contributed by atoms with Gasteiger partial charge in [-0.2, -0.15) is 5.10 Å². The molecule has 9 nitrogen and oxygen atoms in total. The molecule has 0 aliphatic rings. The molecular formula is C24H23Cl2N5O4S. The molecule has 4 aromatic rings. The first-order valence-corrected chi connectivity index (χ1v) is 13.1. The number of fused-ring (bicyclic) bond motifs is 1. The summed E-state index contributed by atoms with van der Waals surface area (Å²) in [5.41, 5.74) is 3.09. The Morgan fingerprint density at radius 3 is 2.53 bits per heavy atom. The second-order valence-corrected chi connectivity index (χ2v) is 10.7. The number of H-pyrrole nitrogens is 1. The Hall–Kier alpha value is -3.34. The van der Waals surface area contributed by atoms with Gasteiger partial charge in [-0.05, 0) is 43.3 Å². The highest BCUT2D eigenvalue weighted by Gasteiger charge is 2.19. The van der Waals surface area contributed by atoms with E-state index in [2.05, 4.69) is 19.9 Å². The number of nitrogens with one attached hydrogen (secondary N) is 2. The number of amides is 1. The SMILES string of the molecule is Cc1[nH]nc2cc(-c3ccc(NS(=O)(=O)c4cc(Cl)ccc4Cl)cc3)nc(OCCC(=O)N(C)C)c12. The molecule has 0 saturated carbocycles. The molecule has 0 aliphatic carbocycles. The number of anilines is 1. The van der Waals surface area contributed by atoms with Crippen molar-refractivity contribution in [2.75, 3.05) is 25.4 Å². The molecule has 0 spiro atoms. The summed E-state index contributed by atoms with van der Waals surface area (Å²) in [7, 11) is -0.572. The molecule has 0 bridgehead atoms. The van der Waals surface area contributed by atoms with E-state index in [4.69, 9.17) is 27.9 Å². The first kappa shape index (κ1) is 25.7. The van der Waals surface area contributed by atoms with E-state index in [1.807, 2.05) is 13.0 Å². The second-order valence-electron chi connectivity index (χ2n) is 8.20. The summed E-state index contributed by atoms with van der Waals surface area (Å²) in [4.78, 5) is 17.9. The van der Waals surface area contributed by atoms with Gasteiger partial charge in [0.2, 0.25) is 11.8 Å². The molecule has 1 amide bonds. The van der Waals surface area contributed by atoms with E-state index in [1.165, 1.54) is 23.1 Å². The summed E-state index contributed by atoms with van der Waals surface area (Å²) < 4.78 is 34.0.